The van der Waals surface area contributed by atoms with Gasteiger partial charge in [-0.2, -0.15) is 8.42 Å². The summed E-state index contributed by atoms with van der Waals surface area (Å²) in [7, 11) is -2.04. The van der Waals surface area contributed by atoms with E-state index in [0.29, 0.717) is 5.69 Å². The molecule has 1 rings (SSSR count). The Hall–Kier alpha value is -0.340. The lowest BCUT2D eigenvalue weighted by molar-refractivity contribution is 0.593. The molecule has 0 aromatic heterocycles. The van der Waals surface area contributed by atoms with Gasteiger partial charge in [0.2, 0.25) is 0 Å². The van der Waals surface area contributed by atoms with Crippen LogP contribution in [0, 0.1) is 10.5 Å². The summed E-state index contributed by atoms with van der Waals surface area (Å²) >= 11 is 2.16. The first-order valence-electron chi connectivity index (χ1n) is 3.92. The Bertz CT molecular complexity index is 431. The third kappa shape index (κ3) is 3.10. The van der Waals surface area contributed by atoms with Crippen LogP contribution in [0.2, 0.25) is 0 Å². The largest absolute Gasteiger partial charge is 0.298 e. The van der Waals surface area contributed by atoms with Crippen molar-refractivity contribution in [3.05, 3.63) is 27.3 Å². The third-order valence-electron chi connectivity index (χ3n) is 1.69. The summed E-state index contributed by atoms with van der Waals surface area (Å²) in [5.41, 5.74) is 1.69. The molecule has 0 unspecified atom stereocenters. The number of halogens is 1. The highest BCUT2D eigenvalue weighted by Crippen LogP contribution is 2.17. The van der Waals surface area contributed by atoms with Crippen LogP contribution in [0.5, 0.6) is 0 Å². The third-order valence-corrected chi connectivity index (χ3v) is 3.90. The average Bonchev–Trinajstić information content (AvgIpc) is 2.11. The van der Waals surface area contributed by atoms with Crippen molar-refractivity contribution in [2.24, 2.45) is 0 Å². The zero-order valence-corrected chi connectivity index (χ0v) is 10.8. The van der Waals surface area contributed by atoms with Gasteiger partial charge in [-0.1, -0.05) is 6.07 Å². The van der Waals surface area contributed by atoms with Gasteiger partial charge in [0.05, 0.1) is 5.69 Å². The van der Waals surface area contributed by atoms with Crippen molar-refractivity contribution in [1.82, 2.24) is 4.72 Å². The van der Waals surface area contributed by atoms with Gasteiger partial charge >= 0.3 is 0 Å². The Labute approximate surface area is 97.4 Å². The van der Waals surface area contributed by atoms with Crippen LogP contribution >= 0.6 is 22.6 Å². The fourth-order valence-corrected chi connectivity index (χ4v) is 1.92. The monoisotopic (exact) mass is 326 g/mol. The lowest BCUT2D eigenvalue weighted by Gasteiger charge is -2.07. The molecule has 14 heavy (non-hydrogen) atoms. The predicted molar refractivity (Wildman–Crippen MR) is 65.5 cm³/mol. The van der Waals surface area contributed by atoms with E-state index in [9.17, 15) is 8.42 Å². The van der Waals surface area contributed by atoms with Gasteiger partial charge in [-0.25, -0.2) is 4.72 Å². The van der Waals surface area contributed by atoms with E-state index >= 15 is 0 Å². The van der Waals surface area contributed by atoms with Crippen molar-refractivity contribution >= 4 is 38.5 Å². The number of anilines is 1. The van der Waals surface area contributed by atoms with Crippen LogP contribution in [-0.4, -0.2) is 15.5 Å². The van der Waals surface area contributed by atoms with Gasteiger partial charge in [-0.05, 0) is 47.2 Å². The molecular formula is C8H11IN2O2S. The zero-order valence-electron chi connectivity index (χ0n) is 7.83. The number of benzene rings is 1. The maximum Gasteiger partial charge on any atom is 0.298 e. The molecular weight excluding hydrogens is 315 g/mol. The normalized spacial score (nSPS) is 11.4. The molecule has 0 fully saturated rings. The lowest BCUT2D eigenvalue weighted by Crippen LogP contribution is -2.26. The number of hydrogen-bond acceptors (Lipinski definition) is 2. The van der Waals surface area contributed by atoms with Gasteiger partial charge < -0.3 is 0 Å². The van der Waals surface area contributed by atoms with Crippen LogP contribution in [0.3, 0.4) is 0 Å². The molecule has 1 aromatic rings. The smallest absolute Gasteiger partial charge is 0.271 e. The van der Waals surface area contributed by atoms with Crippen molar-refractivity contribution in [3.63, 3.8) is 0 Å². The number of nitrogens with one attached hydrogen (secondary N) is 2. The molecule has 0 aliphatic heterocycles. The molecule has 0 atom stereocenters. The Morgan fingerprint density at radius 3 is 2.50 bits per heavy atom. The first-order chi connectivity index (χ1) is 6.44. The van der Waals surface area contributed by atoms with Crippen molar-refractivity contribution in [2.75, 3.05) is 11.8 Å². The SMILES string of the molecule is CNS(=O)(=O)Nc1ccc(C)c(I)c1. The van der Waals surface area contributed by atoms with Gasteiger partial charge in [-0.15, -0.1) is 0 Å². The molecule has 0 spiro atoms. The molecule has 2 N–H and O–H groups in total. The van der Waals surface area contributed by atoms with Crippen molar-refractivity contribution < 1.29 is 8.42 Å². The summed E-state index contributed by atoms with van der Waals surface area (Å²) in [6.45, 7) is 1.97. The molecule has 4 nitrogen and oxygen atoms in total. The molecule has 1 aromatic carbocycles. The molecule has 0 radical (unpaired) electrons. The molecule has 0 saturated carbocycles. The first kappa shape index (κ1) is 11.7. The van der Waals surface area contributed by atoms with Crippen LogP contribution in [0.15, 0.2) is 18.2 Å². The highest BCUT2D eigenvalue weighted by Gasteiger charge is 2.06. The minimum Gasteiger partial charge on any atom is -0.271 e. The Kier molecular flexibility index (Phi) is 3.73. The highest BCUT2D eigenvalue weighted by molar-refractivity contribution is 14.1. The fraction of sp³-hybridized carbons (Fsp3) is 0.250. The molecule has 0 heterocycles. The maximum atomic E-state index is 11.1. The van der Waals surface area contributed by atoms with Crippen molar-refractivity contribution in [2.45, 2.75) is 6.92 Å². The van der Waals surface area contributed by atoms with Gasteiger partial charge in [0.1, 0.15) is 0 Å². The van der Waals surface area contributed by atoms with E-state index < -0.39 is 10.2 Å². The standard InChI is InChI=1S/C8H11IN2O2S/c1-6-3-4-7(5-8(6)9)11-14(12,13)10-2/h3-5,10-11H,1-2H3. The molecule has 0 amide bonds. The zero-order chi connectivity index (χ0) is 10.8. The summed E-state index contributed by atoms with van der Waals surface area (Å²) in [6, 6.07) is 5.38. The average molecular weight is 326 g/mol. The van der Waals surface area contributed by atoms with E-state index in [-0.39, 0.29) is 0 Å². The summed E-state index contributed by atoms with van der Waals surface area (Å²) in [6.07, 6.45) is 0. The Morgan fingerprint density at radius 2 is 2.00 bits per heavy atom. The summed E-state index contributed by atoms with van der Waals surface area (Å²) < 4.78 is 27.9. The number of hydrogen-bond donors (Lipinski definition) is 2. The van der Waals surface area contributed by atoms with Crippen LogP contribution in [0.25, 0.3) is 0 Å². The minimum absolute atomic E-state index is 0.564. The molecule has 0 bridgehead atoms. The van der Waals surface area contributed by atoms with Crippen molar-refractivity contribution in [3.8, 4) is 0 Å². The van der Waals surface area contributed by atoms with Gasteiger partial charge in [0, 0.05) is 10.6 Å². The molecule has 0 aliphatic carbocycles. The van der Waals surface area contributed by atoms with Crippen LogP contribution in [-0.2, 0) is 10.2 Å². The highest BCUT2D eigenvalue weighted by atomic mass is 127. The Morgan fingerprint density at radius 1 is 1.36 bits per heavy atom. The van der Waals surface area contributed by atoms with E-state index in [4.69, 9.17) is 0 Å². The number of aryl methyl sites for hydroxylation is 1. The summed E-state index contributed by atoms with van der Waals surface area (Å²) in [5, 5.41) is 0. The second kappa shape index (κ2) is 4.45. The van der Waals surface area contributed by atoms with Gasteiger partial charge in [-0.3, -0.25) is 4.72 Å². The minimum atomic E-state index is -3.41. The Balaban J connectivity index is 2.94. The van der Waals surface area contributed by atoms with Crippen molar-refractivity contribution in [1.29, 1.82) is 0 Å². The molecule has 6 heteroatoms. The van der Waals surface area contributed by atoms with Crippen LogP contribution in [0.4, 0.5) is 5.69 Å². The van der Waals surface area contributed by atoms with Crippen LogP contribution in [0.1, 0.15) is 5.56 Å². The van der Waals surface area contributed by atoms with E-state index in [0.717, 1.165) is 9.13 Å². The fourth-order valence-electron chi connectivity index (χ4n) is 0.863. The predicted octanol–water partition coefficient (Wildman–Crippen LogP) is 1.48. The number of rotatable bonds is 3. The lowest BCUT2D eigenvalue weighted by atomic mass is 10.2. The second-order valence-corrected chi connectivity index (χ2v) is 5.56. The van der Waals surface area contributed by atoms with E-state index in [1.165, 1.54) is 7.05 Å². The maximum absolute atomic E-state index is 11.1. The summed E-state index contributed by atoms with van der Waals surface area (Å²) in [5.74, 6) is 0. The van der Waals surface area contributed by atoms with Gasteiger partial charge in [0.25, 0.3) is 10.2 Å². The molecule has 0 saturated heterocycles. The topological polar surface area (TPSA) is 58.2 Å². The quantitative estimate of drug-likeness (QED) is 0.827. The summed E-state index contributed by atoms with van der Waals surface area (Å²) in [4.78, 5) is 0. The molecule has 0 aliphatic rings. The van der Waals surface area contributed by atoms with E-state index in [1.54, 1.807) is 12.1 Å². The van der Waals surface area contributed by atoms with E-state index in [2.05, 4.69) is 32.0 Å². The first-order valence-corrected chi connectivity index (χ1v) is 6.48. The van der Waals surface area contributed by atoms with E-state index in [1.807, 2.05) is 13.0 Å². The van der Waals surface area contributed by atoms with Crippen LogP contribution < -0.4 is 9.44 Å². The second-order valence-electron chi connectivity index (χ2n) is 2.77. The van der Waals surface area contributed by atoms with Gasteiger partial charge in [0.15, 0.2) is 0 Å². The molecule has 78 valence electrons.